The van der Waals surface area contributed by atoms with Crippen molar-refractivity contribution in [2.24, 2.45) is 4.99 Å². The molecule has 148 valence electrons. The maximum atomic E-state index is 5.15. The van der Waals surface area contributed by atoms with Gasteiger partial charge in [-0.05, 0) is 56.2 Å². The molecule has 0 aromatic carbocycles. The SMILES string of the molecule is CC[C@@H]1CSC2=N[C@H](c3ccccn3)[C@@H](c3cc(C)n(-c4ccccn4)c3C)N21. The lowest BCUT2D eigenvalue weighted by molar-refractivity contribution is 0.254. The number of nitrogens with zero attached hydrogens (tertiary/aromatic N) is 5. The van der Waals surface area contributed by atoms with Gasteiger partial charge in [-0.2, -0.15) is 0 Å². The first-order valence-electron chi connectivity index (χ1n) is 10.2. The molecule has 6 heteroatoms. The highest BCUT2D eigenvalue weighted by Crippen LogP contribution is 2.49. The van der Waals surface area contributed by atoms with Gasteiger partial charge in [0.15, 0.2) is 5.17 Å². The summed E-state index contributed by atoms with van der Waals surface area (Å²) in [6.45, 7) is 6.64. The molecule has 0 radical (unpaired) electrons. The fraction of sp³-hybridized carbons (Fsp3) is 0.348. The Bertz CT molecular complexity index is 1040. The smallest absolute Gasteiger partial charge is 0.160 e. The zero-order valence-electron chi connectivity index (χ0n) is 17.0. The zero-order valence-corrected chi connectivity index (χ0v) is 17.8. The van der Waals surface area contributed by atoms with Crippen LogP contribution in [0, 0.1) is 13.8 Å². The van der Waals surface area contributed by atoms with Crippen LogP contribution in [0.2, 0.25) is 0 Å². The van der Waals surface area contributed by atoms with E-state index in [1.54, 1.807) is 0 Å². The molecular weight excluding hydrogens is 378 g/mol. The first-order valence-corrected chi connectivity index (χ1v) is 11.2. The van der Waals surface area contributed by atoms with E-state index in [2.05, 4.69) is 64.5 Å². The van der Waals surface area contributed by atoms with Crippen molar-refractivity contribution in [2.45, 2.75) is 45.3 Å². The average Bonchev–Trinajstić information content (AvgIpc) is 3.40. The Morgan fingerprint density at radius 3 is 2.55 bits per heavy atom. The van der Waals surface area contributed by atoms with Crippen LogP contribution in [0.15, 0.2) is 59.9 Å². The number of fused-ring (bicyclic) bond motifs is 1. The van der Waals surface area contributed by atoms with Gasteiger partial charge in [-0.1, -0.05) is 30.8 Å². The van der Waals surface area contributed by atoms with E-state index in [4.69, 9.17) is 4.99 Å². The molecule has 1 fully saturated rings. The van der Waals surface area contributed by atoms with Crippen LogP contribution in [0.4, 0.5) is 0 Å². The maximum absolute atomic E-state index is 5.15. The number of thioether (sulfide) groups is 1. The van der Waals surface area contributed by atoms with E-state index in [0.717, 1.165) is 23.7 Å². The van der Waals surface area contributed by atoms with Crippen molar-refractivity contribution in [2.75, 3.05) is 5.75 Å². The summed E-state index contributed by atoms with van der Waals surface area (Å²) in [5.41, 5.74) is 4.79. The lowest BCUT2D eigenvalue weighted by Crippen LogP contribution is -2.35. The Balaban J connectivity index is 1.64. The highest BCUT2D eigenvalue weighted by molar-refractivity contribution is 8.14. The second-order valence-electron chi connectivity index (χ2n) is 7.69. The molecule has 0 amide bonds. The summed E-state index contributed by atoms with van der Waals surface area (Å²) in [6, 6.07) is 15.2. The molecule has 0 aliphatic carbocycles. The van der Waals surface area contributed by atoms with Crippen molar-refractivity contribution in [3.8, 4) is 5.82 Å². The first-order chi connectivity index (χ1) is 14.2. The Kier molecular flexibility index (Phi) is 4.66. The van der Waals surface area contributed by atoms with Crippen LogP contribution < -0.4 is 0 Å². The van der Waals surface area contributed by atoms with Gasteiger partial charge in [-0.15, -0.1) is 0 Å². The summed E-state index contributed by atoms with van der Waals surface area (Å²) in [5, 5.41) is 1.17. The molecule has 0 spiro atoms. The molecule has 5 rings (SSSR count). The molecule has 3 aromatic rings. The lowest BCUT2D eigenvalue weighted by atomic mass is 9.95. The fourth-order valence-corrected chi connectivity index (χ4v) is 5.95. The number of amidine groups is 1. The van der Waals surface area contributed by atoms with Crippen LogP contribution in [0.5, 0.6) is 0 Å². The van der Waals surface area contributed by atoms with Crippen molar-refractivity contribution >= 4 is 16.9 Å². The molecule has 29 heavy (non-hydrogen) atoms. The number of hydrogen-bond acceptors (Lipinski definition) is 5. The largest absolute Gasteiger partial charge is 0.338 e. The minimum atomic E-state index is 0.0192. The highest BCUT2D eigenvalue weighted by atomic mass is 32.2. The van der Waals surface area contributed by atoms with Crippen molar-refractivity contribution in [3.63, 3.8) is 0 Å². The molecule has 0 N–H and O–H groups in total. The summed E-state index contributed by atoms with van der Waals surface area (Å²) in [7, 11) is 0. The molecule has 2 aliphatic rings. The second kappa shape index (κ2) is 7.34. The quantitative estimate of drug-likeness (QED) is 0.624. The normalized spacial score (nSPS) is 23.3. The fourth-order valence-electron chi connectivity index (χ4n) is 4.61. The minimum absolute atomic E-state index is 0.0192. The molecule has 0 saturated carbocycles. The standard InChI is InChI=1S/C23H25N5S/c1-4-17-14-29-23-26-21(19-9-5-7-11-24-19)22(28(17)23)18-13-15(2)27(16(18)3)20-10-6-8-12-25-20/h5-13,17,21-22H,4,14H2,1-3H3/t17-,21-,22-/m1/s1. The van der Waals surface area contributed by atoms with Gasteiger partial charge >= 0.3 is 0 Å². The number of aromatic nitrogens is 3. The third kappa shape index (κ3) is 2.97. The van der Waals surface area contributed by atoms with E-state index in [-0.39, 0.29) is 12.1 Å². The van der Waals surface area contributed by atoms with Crippen LogP contribution in [0.25, 0.3) is 5.82 Å². The molecular formula is C23H25N5S. The van der Waals surface area contributed by atoms with E-state index in [1.807, 2.05) is 42.4 Å². The van der Waals surface area contributed by atoms with Gasteiger partial charge in [-0.25, -0.2) is 4.98 Å². The number of hydrogen-bond donors (Lipinski definition) is 0. The molecule has 3 atom stereocenters. The van der Waals surface area contributed by atoms with Gasteiger partial charge in [-0.3, -0.25) is 9.98 Å². The summed E-state index contributed by atoms with van der Waals surface area (Å²) >= 11 is 1.88. The molecule has 0 bridgehead atoms. The van der Waals surface area contributed by atoms with Gasteiger partial charge in [0.2, 0.25) is 0 Å². The van der Waals surface area contributed by atoms with Gasteiger partial charge in [0, 0.05) is 35.6 Å². The maximum Gasteiger partial charge on any atom is 0.160 e. The van der Waals surface area contributed by atoms with Gasteiger partial charge in [0.25, 0.3) is 0 Å². The van der Waals surface area contributed by atoms with E-state index >= 15 is 0 Å². The molecule has 0 unspecified atom stereocenters. The van der Waals surface area contributed by atoms with Crippen molar-refractivity contribution in [1.82, 2.24) is 19.4 Å². The predicted octanol–water partition coefficient (Wildman–Crippen LogP) is 4.86. The summed E-state index contributed by atoms with van der Waals surface area (Å²) < 4.78 is 2.26. The summed E-state index contributed by atoms with van der Waals surface area (Å²) in [6.07, 6.45) is 4.85. The van der Waals surface area contributed by atoms with E-state index in [0.29, 0.717) is 6.04 Å². The monoisotopic (exact) mass is 403 g/mol. The zero-order chi connectivity index (χ0) is 20.0. The summed E-state index contributed by atoms with van der Waals surface area (Å²) in [4.78, 5) is 17.0. The Morgan fingerprint density at radius 2 is 1.86 bits per heavy atom. The second-order valence-corrected chi connectivity index (χ2v) is 8.67. The minimum Gasteiger partial charge on any atom is -0.338 e. The average molecular weight is 404 g/mol. The lowest BCUT2D eigenvalue weighted by Gasteiger charge is -2.32. The van der Waals surface area contributed by atoms with Gasteiger partial charge in [0.05, 0.1) is 11.7 Å². The van der Waals surface area contributed by atoms with E-state index < -0.39 is 0 Å². The molecule has 3 aromatic heterocycles. The predicted molar refractivity (Wildman–Crippen MR) is 119 cm³/mol. The van der Waals surface area contributed by atoms with E-state index in [9.17, 15) is 0 Å². The summed E-state index contributed by atoms with van der Waals surface area (Å²) in [5.74, 6) is 2.07. The highest BCUT2D eigenvalue weighted by Gasteiger charge is 2.46. The topological polar surface area (TPSA) is 46.3 Å². The number of aliphatic imine (C=N–C) groups is 1. The van der Waals surface area contributed by atoms with Gasteiger partial charge < -0.3 is 9.47 Å². The molecule has 1 saturated heterocycles. The number of rotatable bonds is 4. The number of aryl methyl sites for hydroxylation is 1. The van der Waals surface area contributed by atoms with Crippen LogP contribution in [0.1, 0.15) is 48.1 Å². The Hall–Kier alpha value is -2.60. The van der Waals surface area contributed by atoms with Crippen LogP contribution in [-0.4, -0.2) is 36.4 Å². The molecule has 5 nitrogen and oxygen atoms in total. The third-order valence-electron chi connectivity index (χ3n) is 6.00. The third-order valence-corrected chi connectivity index (χ3v) is 7.12. The number of pyridine rings is 2. The van der Waals surface area contributed by atoms with Crippen LogP contribution in [-0.2, 0) is 0 Å². The van der Waals surface area contributed by atoms with Crippen molar-refractivity contribution < 1.29 is 0 Å². The van der Waals surface area contributed by atoms with Crippen LogP contribution >= 0.6 is 11.8 Å². The van der Waals surface area contributed by atoms with E-state index in [1.165, 1.54) is 22.1 Å². The van der Waals surface area contributed by atoms with Crippen LogP contribution in [0.3, 0.4) is 0 Å². The Labute approximate surface area is 175 Å². The Morgan fingerprint density at radius 1 is 1.07 bits per heavy atom. The first kappa shape index (κ1) is 18.4. The van der Waals surface area contributed by atoms with Crippen molar-refractivity contribution in [1.29, 1.82) is 0 Å². The van der Waals surface area contributed by atoms with Gasteiger partial charge in [0.1, 0.15) is 11.9 Å². The molecule has 5 heterocycles. The van der Waals surface area contributed by atoms with Crippen molar-refractivity contribution in [3.05, 3.63) is 77.5 Å². The molecule has 2 aliphatic heterocycles.